The van der Waals surface area contributed by atoms with Gasteiger partial charge in [-0.1, -0.05) is 19.4 Å². The van der Waals surface area contributed by atoms with E-state index in [0.717, 1.165) is 76.5 Å². The standard InChI is InChI=1S/C22H35N5O2/c1-4-5-11-25(3)22(28)21-19(27-13-7-6-9-20(27)23-21)18-24(2)10-8-12-26-14-16-29-17-15-26/h6-7,9,13H,4-5,8,10-12,14-18H2,1-3H3. The summed E-state index contributed by atoms with van der Waals surface area (Å²) in [5, 5.41) is 0. The van der Waals surface area contributed by atoms with Crippen molar-refractivity contribution < 1.29 is 9.53 Å². The van der Waals surface area contributed by atoms with E-state index in [0.29, 0.717) is 12.2 Å². The van der Waals surface area contributed by atoms with Gasteiger partial charge in [-0.3, -0.25) is 9.69 Å². The first kappa shape index (κ1) is 21.7. The molecular weight excluding hydrogens is 366 g/mol. The van der Waals surface area contributed by atoms with Crippen LogP contribution in [0.5, 0.6) is 0 Å². The lowest BCUT2D eigenvalue weighted by molar-refractivity contribution is 0.0363. The van der Waals surface area contributed by atoms with E-state index in [9.17, 15) is 4.79 Å². The van der Waals surface area contributed by atoms with E-state index in [-0.39, 0.29) is 5.91 Å². The molecular formula is C22H35N5O2. The Balaban J connectivity index is 1.67. The number of aromatic nitrogens is 2. The number of hydrogen-bond donors (Lipinski definition) is 0. The van der Waals surface area contributed by atoms with Crippen LogP contribution in [0, 0.1) is 0 Å². The van der Waals surface area contributed by atoms with E-state index in [1.165, 1.54) is 0 Å². The molecule has 2 aromatic heterocycles. The highest BCUT2D eigenvalue weighted by atomic mass is 16.5. The van der Waals surface area contributed by atoms with Gasteiger partial charge in [-0.15, -0.1) is 0 Å². The number of ether oxygens (including phenoxy) is 1. The van der Waals surface area contributed by atoms with E-state index in [4.69, 9.17) is 4.74 Å². The van der Waals surface area contributed by atoms with Gasteiger partial charge in [-0.2, -0.15) is 0 Å². The van der Waals surface area contributed by atoms with Crippen LogP contribution in [0.3, 0.4) is 0 Å². The summed E-state index contributed by atoms with van der Waals surface area (Å²) < 4.78 is 7.47. The predicted molar refractivity (Wildman–Crippen MR) is 115 cm³/mol. The smallest absolute Gasteiger partial charge is 0.274 e. The second-order valence-corrected chi connectivity index (χ2v) is 7.96. The molecule has 0 atom stereocenters. The van der Waals surface area contributed by atoms with Gasteiger partial charge < -0.3 is 18.9 Å². The molecule has 0 saturated carbocycles. The maximum Gasteiger partial charge on any atom is 0.274 e. The third-order valence-electron chi connectivity index (χ3n) is 5.56. The molecule has 160 valence electrons. The van der Waals surface area contributed by atoms with Crippen molar-refractivity contribution in [2.24, 2.45) is 0 Å². The van der Waals surface area contributed by atoms with E-state index < -0.39 is 0 Å². The quantitative estimate of drug-likeness (QED) is 0.612. The largest absolute Gasteiger partial charge is 0.379 e. The number of carbonyl (C=O) groups excluding carboxylic acids is 1. The maximum absolute atomic E-state index is 13.1. The molecule has 7 nitrogen and oxygen atoms in total. The van der Waals surface area contributed by atoms with Crippen molar-refractivity contribution in [1.29, 1.82) is 0 Å². The van der Waals surface area contributed by atoms with Gasteiger partial charge >= 0.3 is 0 Å². The zero-order chi connectivity index (χ0) is 20.6. The van der Waals surface area contributed by atoms with Crippen molar-refractivity contribution in [2.45, 2.75) is 32.7 Å². The lowest BCUT2D eigenvalue weighted by atomic mass is 10.2. The lowest BCUT2D eigenvalue weighted by Crippen LogP contribution is -2.38. The zero-order valence-electron chi connectivity index (χ0n) is 18.1. The number of carbonyl (C=O) groups is 1. The average Bonchev–Trinajstić information content (AvgIpc) is 3.10. The van der Waals surface area contributed by atoms with Crippen LogP contribution in [0.25, 0.3) is 5.65 Å². The second kappa shape index (κ2) is 10.7. The number of fused-ring (bicyclic) bond motifs is 1. The van der Waals surface area contributed by atoms with Crippen LogP contribution in [0.4, 0.5) is 0 Å². The highest BCUT2D eigenvalue weighted by Crippen LogP contribution is 2.17. The van der Waals surface area contributed by atoms with Gasteiger partial charge in [0, 0.05) is 39.4 Å². The monoisotopic (exact) mass is 401 g/mol. The lowest BCUT2D eigenvalue weighted by Gasteiger charge is -2.27. The van der Waals surface area contributed by atoms with Crippen LogP contribution in [-0.4, -0.2) is 90.0 Å². The fourth-order valence-corrected chi connectivity index (χ4v) is 3.77. The van der Waals surface area contributed by atoms with E-state index in [1.807, 2.05) is 31.4 Å². The van der Waals surface area contributed by atoms with Crippen molar-refractivity contribution in [3.63, 3.8) is 0 Å². The summed E-state index contributed by atoms with van der Waals surface area (Å²) in [6.45, 7) is 9.42. The minimum absolute atomic E-state index is 0.0128. The van der Waals surface area contributed by atoms with Crippen LogP contribution in [0.1, 0.15) is 42.4 Å². The number of pyridine rings is 1. The van der Waals surface area contributed by atoms with Gasteiger partial charge in [-0.25, -0.2) is 4.98 Å². The highest BCUT2D eigenvalue weighted by Gasteiger charge is 2.22. The van der Waals surface area contributed by atoms with Gasteiger partial charge in [0.05, 0.1) is 18.9 Å². The molecule has 7 heteroatoms. The van der Waals surface area contributed by atoms with Crippen LogP contribution >= 0.6 is 0 Å². The summed E-state index contributed by atoms with van der Waals surface area (Å²) in [5.74, 6) is 0.0128. The number of morpholine rings is 1. The topological polar surface area (TPSA) is 53.3 Å². The molecule has 0 spiro atoms. The van der Waals surface area contributed by atoms with Crippen LogP contribution in [-0.2, 0) is 11.3 Å². The summed E-state index contributed by atoms with van der Waals surface area (Å²) in [5.41, 5.74) is 2.38. The molecule has 0 N–H and O–H groups in total. The second-order valence-electron chi connectivity index (χ2n) is 7.96. The summed E-state index contributed by atoms with van der Waals surface area (Å²) in [6.07, 6.45) is 5.18. The van der Waals surface area contributed by atoms with Gasteiger partial charge in [0.1, 0.15) is 5.65 Å². The molecule has 0 radical (unpaired) electrons. The number of nitrogens with zero attached hydrogens (tertiary/aromatic N) is 5. The molecule has 1 fully saturated rings. The molecule has 1 saturated heterocycles. The van der Waals surface area contributed by atoms with Crippen LogP contribution in [0.15, 0.2) is 24.4 Å². The minimum atomic E-state index is 0.0128. The maximum atomic E-state index is 13.1. The molecule has 3 rings (SSSR count). The van der Waals surface area contributed by atoms with Crippen molar-refractivity contribution in [3.05, 3.63) is 35.8 Å². The summed E-state index contributed by atoms with van der Waals surface area (Å²) in [7, 11) is 3.99. The molecule has 1 amide bonds. The fraction of sp³-hybridized carbons (Fsp3) is 0.636. The first-order valence-corrected chi connectivity index (χ1v) is 10.8. The van der Waals surface area contributed by atoms with E-state index in [1.54, 1.807) is 4.90 Å². The molecule has 1 aliphatic rings. The molecule has 0 unspecified atom stereocenters. The van der Waals surface area contributed by atoms with Crippen LogP contribution < -0.4 is 0 Å². The van der Waals surface area contributed by atoms with Crippen molar-refractivity contribution in [3.8, 4) is 0 Å². The van der Waals surface area contributed by atoms with Gasteiger partial charge in [0.15, 0.2) is 5.69 Å². The number of unbranched alkanes of at least 4 members (excludes halogenated alkanes) is 1. The highest BCUT2D eigenvalue weighted by molar-refractivity contribution is 5.94. The van der Waals surface area contributed by atoms with Gasteiger partial charge in [0.2, 0.25) is 0 Å². The molecule has 0 aromatic carbocycles. The Bertz CT molecular complexity index is 785. The first-order valence-electron chi connectivity index (χ1n) is 10.8. The Morgan fingerprint density at radius 2 is 1.97 bits per heavy atom. The molecule has 1 aliphatic heterocycles. The molecule has 0 aliphatic carbocycles. The Labute approximate surface area is 174 Å². The van der Waals surface area contributed by atoms with Crippen molar-refractivity contribution in [1.82, 2.24) is 24.1 Å². The Morgan fingerprint density at radius 3 is 2.72 bits per heavy atom. The third-order valence-corrected chi connectivity index (χ3v) is 5.56. The number of imidazole rings is 1. The fourth-order valence-electron chi connectivity index (χ4n) is 3.77. The zero-order valence-corrected chi connectivity index (χ0v) is 18.1. The Kier molecular flexibility index (Phi) is 8.03. The predicted octanol–water partition coefficient (Wildman–Crippen LogP) is 2.36. The van der Waals surface area contributed by atoms with Crippen LogP contribution in [0.2, 0.25) is 0 Å². The molecule has 0 bridgehead atoms. The summed E-state index contributed by atoms with van der Waals surface area (Å²) in [4.78, 5) is 24.3. The van der Waals surface area contributed by atoms with E-state index >= 15 is 0 Å². The molecule has 29 heavy (non-hydrogen) atoms. The average molecular weight is 402 g/mol. The number of amides is 1. The van der Waals surface area contributed by atoms with Gasteiger partial charge in [0.25, 0.3) is 5.91 Å². The van der Waals surface area contributed by atoms with Crippen molar-refractivity contribution in [2.75, 3.05) is 60.0 Å². The number of hydrogen-bond acceptors (Lipinski definition) is 5. The van der Waals surface area contributed by atoms with E-state index in [2.05, 4.69) is 33.2 Å². The number of rotatable bonds is 10. The summed E-state index contributed by atoms with van der Waals surface area (Å²) in [6, 6.07) is 5.92. The minimum Gasteiger partial charge on any atom is -0.379 e. The Morgan fingerprint density at radius 1 is 1.17 bits per heavy atom. The first-order chi connectivity index (χ1) is 14.1. The van der Waals surface area contributed by atoms with Crippen molar-refractivity contribution >= 4 is 11.6 Å². The summed E-state index contributed by atoms with van der Waals surface area (Å²) >= 11 is 0. The Hall–Kier alpha value is -1.96. The molecule has 2 aromatic rings. The normalized spacial score (nSPS) is 15.3. The SMILES string of the molecule is CCCCN(C)C(=O)c1nc2ccccn2c1CN(C)CCCN1CCOCC1. The molecule has 3 heterocycles. The third kappa shape index (κ3) is 5.78. The van der Waals surface area contributed by atoms with Gasteiger partial charge in [-0.05, 0) is 45.1 Å².